The maximum atomic E-state index is 8.57. The Morgan fingerprint density at radius 2 is 1.40 bits per heavy atom. The lowest BCUT2D eigenvalue weighted by Gasteiger charge is -1.98. The predicted molar refractivity (Wildman–Crippen MR) is 56.5 cm³/mol. The molecule has 0 aliphatic heterocycles. The molecule has 0 saturated carbocycles. The minimum absolute atomic E-state index is 0.526. The third-order valence-corrected chi connectivity index (χ3v) is 1.63. The summed E-state index contributed by atoms with van der Waals surface area (Å²) < 4.78 is 0. The van der Waals surface area contributed by atoms with Gasteiger partial charge >= 0.3 is 0 Å². The highest BCUT2D eigenvalue weighted by atomic mass is 14.3. The molecule has 1 rings (SSSR count). The number of nitriles is 3. The van der Waals surface area contributed by atoms with Crippen LogP contribution in [0, 0.1) is 34.0 Å². The highest BCUT2D eigenvalue weighted by molar-refractivity contribution is 5.37. The molecule has 15 heavy (non-hydrogen) atoms. The van der Waals surface area contributed by atoms with Crippen LogP contribution in [-0.2, 0) is 0 Å². The van der Waals surface area contributed by atoms with Crippen molar-refractivity contribution in [2.75, 3.05) is 0 Å². The summed E-state index contributed by atoms with van der Waals surface area (Å²) in [5.74, 6) is -0.743. The Hall–Kier alpha value is -2.31. The zero-order chi connectivity index (χ0) is 11.7. The first-order valence-corrected chi connectivity index (χ1v) is 4.61. The first kappa shape index (κ1) is 12.7. The molecule has 0 amide bonds. The average Bonchev–Trinajstić information content (AvgIpc) is 2.34. The number of rotatable bonds is 1. The topological polar surface area (TPSA) is 71.4 Å². The average molecular weight is 197 g/mol. The van der Waals surface area contributed by atoms with Gasteiger partial charge in [-0.3, -0.25) is 0 Å². The maximum absolute atomic E-state index is 8.57. The molecule has 0 bridgehead atoms. The van der Waals surface area contributed by atoms with Crippen LogP contribution in [0.25, 0.3) is 0 Å². The lowest BCUT2D eigenvalue weighted by molar-refractivity contribution is 1.10. The van der Waals surface area contributed by atoms with Gasteiger partial charge in [0.2, 0.25) is 0 Å². The molecule has 0 heterocycles. The van der Waals surface area contributed by atoms with Crippen LogP contribution in [0.1, 0.15) is 30.9 Å². The molecular weight excluding hydrogens is 186 g/mol. The van der Waals surface area contributed by atoms with Crippen LogP contribution in [-0.4, -0.2) is 0 Å². The lowest BCUT2D eigenvalue weighted by Crippen LogP contribution is -1.91. The first-order chi connectivity index (χ1) is 7.31. The second-order valence-corrected chi connectivity index (χ2v) is 2.43. The first-order valence-electron chi connectivity index (χ1n) is 4.61. The SMILES string of the molecule is CC.N#Cc1ccc(C(C#N)C#N)cc1. The summed E-state index contributed by atoms with van der Waals surface area (Å²) in [5, 5.41) is 25.6. The van der Waals surface area contributed by atoms with Gasteiger partial charge < -0.3 is 0 Å². The molecule has 0 aliphatic rings. The number of hydrogen-bond acceptors (Lipinski definition) is 3. The molecule has 3 nitrogen and oxygen atoms in total. The minimum Gasteiger partial charge on any atom is -0.196 e. The van der Waals surface area contributed by atoms with E-state index < -0.39 is 5.92 Å². The third-order valence-electron chi connectivity index (χ3n) is 1.63. The zero-order valence-corrected chi connectivity index (χ0v) is 8.73. The highest BCUT2D eigenvalue weighted by Crippen LogP contribution is 2.14. The second-order valence-electron chi connectivity index (χ2n) is 2.43. The van der Waals surface area contributed by atoms with Crippen LogP contribution in [0.3, 0.4) is 0 Å². The Labute approximate surface area is 89.8 Å². The molecule has 0 aliphatic carbocycles. The van der Waals surface area contributed by atoms with Crippen LogP contribution < -0.4 is 0 Å². The highest BCUT2D eigenvalue weighted by Gasteiger charge is 2.07. The molecule has 0 saturated heterocycles. The van der Waals surface area contributed by atoms with Gasteiger partial charge in [0, 0.05) is 0 Å². The minimum atomic E-state index is -0.743. The standard InChI is InChI=1S/C10H5N3.C2H6/c11-5-8-1-3-9(4-2-8)10(6-12)7-13;1-2/h1-4,10H;1-2H3. The Morgan fingerprint density at radius 1 is 0.933 bits per heavy atom. The van der Waals surface area contributed by atoms with Crippen LogP contribution in [0.5, 0.6) is 0 Å². The van der Waals surface area contributed by atoms with Crippen molar-refractivity contribution in [2.24, 2.45) is 0 Å². The molecule has 74 valence electrons. The van der Waals surface area contributed by atoms with Crippen molar-refractivity contribution in [3.63, 3.8) is 0 Å². The molecule has 0 spiro atoms. The monoisotopic (exact) mass is 197 g/mol. The number of nitrogens with zero attached hydrogens (tertiary/aromatic N) is 3. The van der Waals surface area contributed by atoms with E-state index in [1.54, 1.807) is 24.3 Å². The van der Waals surface area contributed by atoms with E-state index in [1.807, 2.05) is 32.1 Å². The van der Waals surface area contributed by atoms with Crippen molar-refractivity contribution in [3.8, 4) is 18.2 Å². The summed E-state index contributed by atoms with van der Waals surface area (Å²) in [6.07, 6.45) is 0. The molecule has 1 aromatic rings. The van der Waals surface area contributed by atoms with Crippen molar-refractivity contribution in [1.82, 2.24) is 0 Å². The number of benzene rings is 1. The molecule has 0 atom stereocenters. The van der Waals surface area contributed by atoms with E-state index in [9.17, 15) is 0 Å². The summed E-state index contributed by atoms with van der Waals surface area (Å²) in [6, 6.07) is 12.1. The van der Waals surface area contributed by atoms with Crippen LogP contribution in [0.2, 0.25) is 0 Å². The largest absolute Gasteiger partial charge is 0.196 e. The van der Waals surface area contributed by atoms with E-state index in [2.05, 4.69) is 0 Å². The van der Waals surface area contributed by atoms with Crippen molar-refractivity contribution in [3.05, 3.63) is 35.4 Å². The summed E-state index contributed by atoms with van der Waals surface area (Å²) in [6.45, 7) is 4.00. The van der Waals surface area contributed by atoms with Gasteiger partial charge in [0.15, 0.2) is 5.92 Å². The van der Waals surface area contributed by atoms with E-state index >= 15 is 0 Å². The molecule has 0 fully saturated rings. The summed E-state index contributed by atoms with van der Waals surface area (Å²) in [5.41, 5.74) is 1.15. The van der Waals surface area contributed by atoms with E-state index in [1.165, 1.54) is 0 Å². The van der Waals surface area contributed by atoms with Gasteiger partial charge in [-0.1, -0.05) is 26.0 Å². The maximum Gasteiger partial charge on any atom is 0.158 e. The van der Waals surface area contributed by atoms with Crippen molar-refractivity contribution < 1.29 is 0 Å². The fourth-order valence-corrected chi connectivity index (χ4v) is 0.928. The van der Waals surface area contributed by atoms with E-state index in [4.69, 9.17) is 15.8 Å². The molecule has 0 radical (unpaired) electrons. The van der Waals surface area contributed by atoms with Gasteiger partial charge in [0.25, 0.3) is 0 Å². The van der Waals surface area contributed by atoms with Gasteiger partial charge in [-0.15, -0.1) is 0 Å². The van der Waals surface area contributed by atoms with Gasteiger partial charge in [0.1, 0.15) is 0 Å². The Bertz CT molecular complexity index is 398. The third kappa shape index (κ3) is 3.51. The summed E-state index contributed by atoms with van der Waals surface area (Å²) in [7, 11) is 0. The molecule has 0 N–H and O–H groups in total. The fraction of sp³-hybridized carbons (Fsp3) is 0.250. The Kier molecular flexibility index (Phi) is 6.03. The Balaban J connectivity index is 0.000000921. The van der Waals surface area contributed by atoms with Crippen molar-refractivity contribution >= 4 is 0 Å². The van der Waals surface area contributed by atoms with Gasteiger partial charge in [-0.05, 0) is 17.7 Å². The normalized spacial score (nSPS) is 7.73. The molecule has 1 aromatic carbocycles. The van der Waals surface area contributed by atoms with E-state index in [0.29, 0.717) is 11.1 Å². The van der Waals surface area contributed by atoms with Gasteiger partial charge in [-0.2, -0.15) is 15.8 Å². The quantitative estimate of drug-likeness (QED) is 0.694. The Morgan fingerprint density at radius 3 is 1.73 bits per heavy atom. The lowest BCUT2D eigenvalue weighted by atomic mass is 10.0. The molecule has 3 heteroatoms. The molecule has 0 unspecified atom stereocenters. The number of hydrogen-bond donors (Lipinski definition) is 0. The summed E-state index contributed by atoms with van der Waals surface area (Å²) in [4.78, 5) is 0. The second kappa shape index (κ2) is 7.13. The van der Waals surface area contributed by atoms with Crippen LogP contribution in [0.15, 0.2) is 24.3 Å². The van der Waals surface area contributed by atoms with Gasteiger partial charge in [-0.25, -0.2) is 0 Å². The predicted octanol–water partition coefficient (Wildman–Crippen LogP) is 2.72. The van der Waals surface area contributed by atoms with E-state index in [-0.39, 0.29) is 0 Å². The van der Waals surface area contributed by atoms with Crippen LogP contribution in [0.4, 0.5) is 0 Å². The van der Waals surface area contributed by atoms with E-state index in [0.717, 1.165) is 0 Å². The fourth-order valence-electron chi connectivity index (χ4n) is 0.928. The summed E-state index contributed by atoms with van der Waals surface area (Å²) >= 11 is 0. The zero-order valence-electron chi connectivity index (χ0n) is 8.73. The molecule has 0 aromatic heterocycles. The molecular formula is C12H11N3. The smallest absolute Gasteiger partial charge is 0.158 e. The van der Waals surface area contributed by atoms with Crippen molar-refractivity contribution in [1.29, 1.82) is 15.8 Å². The van der Waals surface area contributed by atoms with Crippen LogP contribution >= 0.6 is 0 Å². The van der Waals surface area contributed by atoms with Gasteiger partial charge in [0.05, 0.1) is 23.8 Å². The van der Waals surface area contributed by atoms with Crippen molar-refractivity contribution in [2.45, 2.75) is 19.8 Å².